The summed E-state index contributed by atoms with van der Waals surface area (Å²) in [4.78, 5) is 29.0. The molecule has 0 bridgehead atoms. The fourth-order valence-corrected chi connectivity index (χ4v) is 4.38. The number of nitrogens with one attached hydrogen (secondary N) is 2. The van der Waals surface area contributed by atoms with Gasteiger partial charge in [0.05, 0.1) is 31.0 Å². The van der Waals surface area contributed by atoms with Crippen molar-refractivity contribution in [1.82, 2.24) is 9.80 Å². The molecule has 0 saturated heterocycles. The highest BCUT2D eigenvalue weighted by molar-refractivity contribution is 7.92. The lowest BCUT2D eigenvalue weighted by atomic mass is 9.99. The van der Waals surface area contributed by atoms with E-state index in [9.17, 15) is 27.5 Å². The molecule has 2 aromatic rings. The van der Waals surface area contributed by atoms with Gasteiger partial charge in [-0.1, -0.05) is 6.92 Å². The van der Waals surface area contributed by atoms with Crippen molar-refractivity contribution in [2.24, 2.45) is 5.92 Å². The molecule has 196 valence electrons. The quantitative estimate of drug-likeness (QED) is 0.513. The molecule has 3 N–H and O–H groups in total. The molecule has 10 nitrogen and oxygen atoms in total. The first kappa shape index (κ1) is 27.2. The second kappa shape index (κ2) is 11.1. The molecule has 1 aliphatic heterocycles. The SMILES string of the molecule is C[C@@H]1CN([C@@H](C)CO)C(=O)c2cc(NS(C)(=O)=O)ccc2O[C@@H]1CN(C)C(=O)Nc1ccc(F)cc1. The predicted molar refractivity (Wildman–Crippen MR) is 134 cm³/mol. The number of urea groups is 1. The van der Waals surface area contributed by atoms with E-state index in [4.69, 9.17) is 4.74 Å². The maximum atomic E-state index is 13.4. The van der Waals surface area contributed by atoms with Gasteiger partial charge in [0, 0.05) is 30.9 Å². The fraction of sp³-hybridized carbons (Fsp3) is 0.417. The number of ether oxygens (including phenoxy) is 1. The van der Waals surface area contributed by atoms with Crippen molar-refractivity contribution in [3.63, 3.8) is 0 Å². The second-order valence-corrected chi connectivity index (χ2v) is 10.8. The zero-order chi connectivity index (χ0) is 26.6. The number of nitrogens with zero attached hydrogens (tertiary/aromatic N) is 2. The average molecular weight is 523 g/mol. The van der Waals surface area contributed by atoms with Crippen LogP contribution in [0.25, 0.3) is 0 Å². The number of aliphatic hydroxyl groups is 1. The molecule has 3 atom stereocenters. The van der Waals surface area contributed by atoms with Crippen LogP contribution >= 0.6 is 0 Å². The van der Waals surface area contributed by atoms with Crippen molar-refractivity contribution in [2.75, 3.05) is 43.0 Å². The van der Waals surface area contributed by atoms with Gasteiger partial charge in [0.1, 0.15) is 17.7 Å². The molecule has 3 amide bonds. The van der Waals surface area contributed by atoms with Crippen LogP contribution in [-0.4, -0.2) is 80.4 Å². The van der Waals surface area contributed by atoms with E-state index in [1.807, 2.05) is 6.92 Å². The lowest BCUT2D eigenvalue weighted by molar-refractivity contribution is 0.0371. The van der Waals surface area contributed by atoms with Crippen LogP contribution in [0.15, 0.2) is 42.5 Å². The Morgan fingerprint density at radius 3 is 2.50 bits per heavy atom. The smallest absolute Gasteiger partial charge is 0.321 e. The minimum absolute atomic E-state index is 0.138. The Bertz CT molecular complexity index is 1210. The van der Waals surface area contributed by atoms with Gasteiger partial charge >= 0.3 is 6.03 Å². The minimum atomic E-state index is -3.57. The van der Waals surface area contributed by atoms with E-state index in [-0.39, 0.29) is 42.6 Å². The summed E-state index contributed by atoms with van der Waals surface area (Å²) in [5.74, 6) is -0.816. The molecule has 2 aromatic carbocycles. The van der Waals surface area contributed by atoms with Crippen LogP contribution in [0, 0.1) is 11.7 Å². The Kier molecular flexibility index (Phi) is 8.41. The number of carbonyl (C=O) groups is 2. The van der Waals surface area contributed by atoms with E-state index in [1.165, 1.54) is 52.3 Å². The first-order valence-corrected chi connectivity index (χ1v) is 13.2. The standard InChI is InChI=1S/C24H31FN4O6S/c1-15-12-29(16(2)14-30)23(31)20-11-19(27-36(4,33)34)9-10-21(20)35-22(15)13-28(3)24(32)26-18-7-5-17(25)6-8-18/h5-11,15-16,22,27,30H,12-14H2,1-4H3,(H,26,32)/t15-,16+,22-/m1/s1. The van der Waals surface area contributed by atoms with Crippen molar-refractivity contribution in [3.05, 3.63) is 53.8 Å². The number of anilines is 2. The molecule has 0 fully saturated rings. The van der Waals surface area contributed by atoms with Gasteiger partial charge in [-0.05, 0) is 49.4 Å². The molecule has 36 heavy (non-hydrogen) atoms. The minimum Gasteiger partial charge on any atom is -0.487 e. The molecule has 3 rings (SSSR count). The van der Waals surface area contributed by atoms with Crippen LogP contribution in [0.2, 0.25) is 0 Å². The van der Waals surface area contributed by atoms with Crippen LogP contribution in [0.5, 0.6) is 5.75 Å². The van der Waals surface area contributed by atoms with Crippen LogP contribution < -0.4 is 14.8 Å². The van der Waals surface area contributed by atoms with Crippen molar-refractivity contribution in [1.29, 1.82) is 0 Å². The maximum absolute atomic E-state index is 13.4. The molecule has 0 aromatic heterocycles. The van der Waals surface area contributed by atoms with Crippen molar-refractivity contribution >= 4 is 33.3 Å². The number of rotatable bonds is 7. The first-order chi connectivity index (χ1) is 16.9. The summed E-state index contributed by atoms with van der Waals surface area (Å²) in [5.41, 5.74) is 0.773. The molecule has 0 radical (unpaired) electrons. The zero-order valence-electron chi connectivity index (χ0n) is 20.6. The van der Waals surface area contributed by atoms with E-state index >= 15 is 0 Å². The van der Waals surface area contributed by atoms with E-state index in [0.717, 1.165) is 6.26 Å². The topological polar surface area (TPSA) is 128 Å². The maximum Gasteiger partial charge on any atom is 0.321 e. The highest BCUT2D eigenvalue weighted by atomic mass is 32.2. The van der Waals surface area contributed by atoms with Gasteiger partial charge in [0.25, 0.3) is 5.91 Å². The fourth-order valence-electron chi connectivity index (χ4n) is 3.82. The summed E-state index contributed by atoms with van der Waals surface area (Å²) >= 11 is 0. The molecular formula is C24H31FN4O6S. The lowest BCUT2D eigenvalue weighted by Gasteiger charge is -2.38. The highest BCUT2D eigenvalue weighted by Gasteiger charge is 2.34. The first-order valence-electron chi connectivity index (χ1n) is 11.4. The van der Waals surface area contributed by atoms with Crippen molar-refractivity contribution < 1.29 is 32.2 Å². The number of fused-ring (bicyclic) bond motifs is 1. The van der Waals surface area contributed by atoms with E-state index in [2.05, 4.69) is 10.0 Å². The number of hydrogen-bond acceptors (Lipinski definition) is 6. The molecule has 0 aliphatic carbocycles. The number of amides is 3. The monoisotopic (exact) mass is 522 g/mol. The average Bonchev–Trinajstić information content (AvgIpc) is 2.81. The van der Waals surface area contributed by atoms with E-state index in [0.29, 0.717) is 5.69 Å². The van der Waals surface area contributed by atoms with Gasteiger partial charge < -0.3 is 25.0 Å². The Balaban J connectivity index is 1.88. The Labute approximate surface area is 210 Å². The molecule has 0 saturated carbocycles. The third-order valence-corrected chi connectivity index (χ3v) is 6.47. The molecule has 1 aliphatic rings. The van der Waals surface area contributed by atoms with Gasteiger partial charge in [-0.2, -0.15) is 0 Å². The zero-order valence-corrected chi connectivity index (χ0v) is 21.4. The molecule has 1 heterocycles. The van der Waals surface area contributed by atoms with Crippen LogP contribution in [0.3, 0.4) is 0 Å². The van der Waals surface area contributed by atoms with Gasteiger partial charge in [0.2, 0.25) is 10.0 Å². The lowest BCUT2D eigenvalue weighted by Crippen LogP contribution is -2.50. The van der Waals surface area contributed by atoms with Gasteiger partial charge in [-0.25, -0.2) is 17.6 Å². The van der Waals surface area contributed by atoms with E-state index < -0.39 is 39.9 Å². The van der Waals surface area contributed by atoms with Gasteiger partial charge in [0.15, 0.2) is 0 Å². The van der Waals surface area contributed by atoms with Crippen LogP contribution in [0.1, 0.15) is 24.2 Å². The highest BCUT2D eigenvalue weighted by Crippen LogP contribution is 2.31. The Morgan fingerprint density at radius 1 is 1.25 bits per heavy atom. The number of likely N-dealkylation sites (N-methyl/N-ethyl adjacent to an activating group) is 1. The van der Waals surface area contributed by atoms with Crippen molar-refractivity contribution in [3.8, 4) is 5.75 Å². The Morgan fingerprint density at radius 2 is 1.89 bits per heavy atom. The third-order valence-electron chi connectivity index (χ3n) is 5.86. The van der Waals surface area contributed by atoms with Crippen LogP contribution in [0.4, 0.5) is 20.6 Å². The number of hydrogen-bond donors (Lipinski definition) is 3. The number of aliphatic hydroxyl groups excluding tert-OH is 1. The Hall–Kier alpha value is -3.38. The molecule has 12 heteroatoms. The summed E-state index contributed by atoms with van der Waals surface area (Å²) in [5, 5.41) is 12.4. The second-order valence-electron chi connectivity index (χ2n) is 9.03. The largest absolute Gasteiger partial charge is 0.487 e. The summed E-state index contributed by atoms with van der Waals surface area (Å²) in [6.07, 6.45) is 0.468. The van der Waals surface area contributed by atoms with Crippen molar-refractivity contribution in [2.45, 2.75) is 26.0 Å². The number of sulfonamides is 1. The number of benzene rings is 2. The van der Waals surface area contributed by atoms with Gasteiger partial charge in [-0.15, -0.1) is 0 Å². The summed E-state index contributed by atoms with van der Waals surface area (Å²) < 4.78 is 45.1. The molecular weight excluding hydrogens is 491 g/mol. The summed E-state index contributed by atoms with van der Waals surface area (Å²) in [7, 11) is -1.98. The molecule has 0 spiro atoms. The normalized spacial score (nSPS) is 18.8. The number of halogens is 1. The van der Waals surface area contributed by atoms with Gasteiger partial charge in [-0.3, -0.25) is 9.52 Å². The van der Waals surface area contributed by atoms with E-state index in [1.54, 1.807) is 14.0 Å². The number of carbonyl (C=O) groups excluding carboxylic acids is 2. The summed E-state index contributed by atoms with van der Waals surface area (Å²) in [6, 6.07) is 8.85. The third kappa shape index (κ3) is 6.85. The predicted octanol–water partition coefficient (Wildman–Crippen LogP) is 2.58. The van der Waals surface area contributed by atoms with Crippen LogP contribution in [-0.2, 0) is 10.0 Å². The molecule has 0 unspecified atom stereocenters. The summed E-state index contributed by atoms with van der Waals surface area (Å²) in [6.45, 7) is 3.73.